The van der Waals surface area contributed by atoms with Gasteiger partial charge in [-0.3, -0.25) is 9.59 Å². The summed E-state index contributed by atoms with van der Waals surface area (Å²) in [5, 5.41) is 9.34. The number of carbonyl (C=O) groups is 2. The van der Waals surface area contributed by atoms with Gasteiger partial charge < -0.3 is 19.5 Å². The summed E-state index contributed by atoms with van der Waals surface area (Å²) in [7, 11) is 0. The molecule has 0 atom stereocenters. The Hall–Kier alpha value is -1.14. The van der Waals surface area contributed by atoms with E-state index in [1.165, 1.54) is 161 Å². The van der Waals surface area contributed by atoms with Crippen LogP contribution in [0.1, 0.15) is 272 Å². The standard InChI is InChI=1S/C51H101NO5/c1-6-9-12-15-18-21-25-31-40-49(54)56-47-51(4,5)42-33-28-35-44-52(45-36-37-46-53)43-34-27-22-26-32-41-50(55)57-48(38-29-23-19-16-13-10-7-2)39-30-24-20-17-14-11-8-3/h48,53H,6-47H2,1-5H3. The predicted octanol–water partition coefficient (Wildman–Crippen LogP) is 15.3. The van der Waals surface area contributed by atoms with Gasteiger partial charge in [-0.25, -0.2) is 0 Å². The lowest BCUT2D eigenvalue weighted by atomic mass is 9.88. The van der Waals surface area contributed by atoms with E-state index in [0.29, 0.717) is 19.4 Å². The van der Waals surface area contributed by atoms with Gasteiger partial charge in [0, 0.05) is 19.4 Å². The Morgan fingerprint density at radius 3 is 1.30 bits per heavy atom. The second-order valence-electron chi connectivity index (χ2n) is 18.6. The molecule has 0 aliphatic rings. The average molecular weight is 808 g/mol. The minimum Gasteiger partial charge on any atom is -0.465 e. The molecule has 0 unspecified atom stereocenters. The number of ether oxygens (including phenoxy) is 2. The summed E-state index contributed by atoms with van der Waals surface area (Å²) in [6.45, 7) is 15.3. The number of nitrogens with zero attached hydrogens (tertiary/aromatic N) is 1. The molecule has 0 radical (unpaired) electrons. The fourth-order valence-corrected chi connectivity index (χ4v) is 8.02. The van der Waals surface area contributed by atoms with Crippen molar-refractivity contribution in [3.8, 4) is 0 Å². The predicted molar refractivity (Wildman–Crippen MR) is 246 cm³/mol. The van der Waals surface area contributed by atoms with Gasteiger partial charge in [0.1, 0.15) is 6.10 Å². The molecule has 0 rings (SSSR count). The third-order valence-corrected chi connectivity index (χ3v) is 12.0. The van der Waals surface area contributed by atoms with Crippen molar-refractivity contribution in [2.75, 3.05) is 32.8 Å². The Kier molecular flexibility index (Phi) is 42.1. The summed E-state index contributed by atoms with van der Waals surface area (Å²) in [5.41, 5.74) is 0.0225. The molecule has 0 heterocycles. The highest BCUT2D eigenvalue weighted by atomic mass is 16.5. The normalized spacial score (nSPS) is 11.9. The summed E-state index contributed by atoms with van der Waals surface area (Å²) in [4.78, 5) is 27.8. The van der Waals surface area contributed by atoms with Crippen LogP contribution in [0.3, 0.4) is 0 Å². The van der Waals surface area contributed by atoms with Crippen LogP contribution in [0.25, 0.3) is 0 Å². The molecule has 0 saturated heterocycles. The van der Waals surface area contributed by atoms with Crippen LogP contribution in [0.2, 0.25) is 0 Å². The molecular weight excluding hydrogens is 707 g/mol. The summed E-state index contributed by atoms with van der Waals surface area (Å²) in [6, 6.07) is 0. The Morgan fingerprint density at radius 2 is 0.842 bits per heavy atom. The lowest BCUT2D eigenvalue weighted by Crippen LogP contribution is -2.27. The van der Waals surface area contributed by atoms with Gasteiger partial charge in [0.25, 0.3) is 0 Å². The monoisotopic (exact) mass is 808 g/mol. The minimum absolute atomic E-state index is 0.0225. The van der Waals surface area contributed by atoms with E-state index < -0.39 is 0 Å². The molecule has 0 aliphatic heterocycles. The lowest BCUT2D eigenvalue weighted by Gasteiger charge is -2.25. The van der Waals surface area contributed by atoms with Crippen molar-refractivity contribution >= 4 is 11.9 Å². The number of esters is 2. The van der Waals surface area contributed by atoms with E-state index in [1.807, 2.05) is 0 Å². The van der Waals surface area contributed by atoms with Crippen LogP contribution >= 0.6 is 0 Å². The SMILES string of the molecule is CCCCCCCCCCC(=O)OCC(C)(C)CCCCCN(CCCCO)CCCCCCCC(=O)OC(CCCCCCCCC)CCCCCCCCC. The van der Waals surface area contributed by atoms with Crippen LogP contribution in [0.5, 0.6) is 0 Å². The second kappa shape index (κ2) is 43.0. The molecule has 57 heavy (non-hydrogen) atoms. The van der Waals surface area contributed by atoms with Gasteiger partial charge in [0.2, 0.25) is 0 Å². The first-order chi connectivity index (χ1) is 27.8. The maximum Gasteiger partial charge on any atom is 0.306 e. The van der Waals surface area contributed by atoms with Crippen molar-refractivity contribution in [2.45, 2.75) is 278 Å². The summed E-state index contributed by atoms with van der Waals surface area (Å²) in [5.74, 6) is 0.00125. The van der Waals surface area contributed by atoms with Gasteiger partial charge in [-0.15, -0.1) is 0 Å². The Labute approximate surface area is 356 Å². The molecule has 340 valence electrons. The van der Waals surface area contributed by atoms with Gasteiger partial charge in [0.05, 0.1) is 6.61 Å². The molecule has 0 aliphatic carbocycles. The fraction of sp³-hybridized carbons (Fsp3) is 0.961. The van der Waals surface area contributed by atoms with E-state index in [1.54, 1.807) is 0 Å². The molecule has 0 amide bonds. The van der Waals surface area contributed by atoms with Gasteiger partial charge in [0.15, 0.2) is 0 Å². The quantitative estimate of drug-likeness (QED) is 0.0488. The van der Waals surface area contributed by atoms with E-state index >= 15 is 0 Å². The Bertz CT molecular complexity index is 829. The number of rotatable bonds is 46. The molecule has 0 fully saturated rings. The van der Waals surface area contributed by atoms with Gasteiger partial charge >= 0.3 is 11.9 Å². The molecule has 0 aromatic rings. The van der Waals surface area contributed by atoms with Crippen LogP contribution < -0.4 is 0 Å². The number of hydrogen-bond donors (Lipinski definition) is 1. The van der Waals surface area contributed by atoms with E-state index in [2.05, 4.69) is 39.5 Å². The number of hydrogen-bond acceptors (Lipinski definition) is 6. The van der Waals surface area contributed by atoms with E-state index in [9.17, 15) is 14.7 Å². The lowest BCUT2D eigenvalue weighted by molar-refractivity contribution is -0.150. The largest absolute Gasteiger partial charge is 0.465 e. The molecule has 0 bridgehead atoms. The number of carbonyl (C=O) groups excluding carboxylic acids is 2. The fourth-order valence-electron chi connectivity index (χ4n) is 8.02. The smallest absolute Gasteiger partial charge is 0.306 e. The van der Waals surface area contributed by atoms with Gasteiger partial charge in [-0.05, 0) is 95.7 Å². The second-order valence-corrected chi connectivity index (χ2v) is 18.6. The van der Waals surface area contributed by atoms with Gasteiger partial charge in [-0.2, -0.15) is 0 Å². The summed E-state index contributed by atoms with van der Waals surface area (Å²) >= 11 is 0. The molecular formula is C51H101NO5. The average Bonchev–Trinajstić information content (AvgIpc) is 3.19. The highest BCUT2D eigenvalue weighted by molar-refractivity contribution is 5.69. The number of unbranched alkanes of at least 4 members (excludes halogenated alkanes) is 26. The van der Waals surface area contributed by atoms with Crippen LogP contribution in [-0.4, -0.2) is 60.9 Å². The van der Waals surface area contributed by atoms with Crippen molar-refractivity contribution < 1.29 is 24.2 Å². The molecule has 0 aromatic carbocycles. The maximum atomic E-state index is 12.8. The first kappa shape index (κ1) is 55.9. The van der Waals surface area contributed by atoms with E-state index in [-0.39, 0.29) is 30.1 Å². The molecule has 0 saturated carbocycles. The number of aliphatic hydroxyl groups is 1. The Balaban J connectivity index is 4.28. The topological polar surface area (TPSA) is 76.1 Å². The first-order valence-corrected chi connectivity index (χ1v) is 25.5. The highest BCUT2D eigenvalue weighted by Crippen LogP contribution is 2.25. The molecule has 0 spiro atoms. The minimum atomic E-state index is -0.0260. The molecule has 6 nitrogen and oxygen atoms in total. The van der Waals surface area contributed by atoms with Crippen molar-refractivity contribution in [1.82, 2.24) is 4.90 Å². The molecule has 1 N–H and O–H groups in total. The van der Waals surface area contributed by atoms with Gasteiger partial charge in [-0.1, -0.05) is 189 Å². The number of aliphatic hydroxyl groups excluding tert-OH is 1. The summed E-state index contributed by atoms with van der Waals surface area (Å²) < 4.78 is 11.8. The van der Waals surface area contributed by atoms with Crippen LogP contribution in [0.15, 0.2) is 0 Å². The van der Waals surface area contributed by atoms with E-state index in [4.69, 9.17) is 9.47 Å². The van der Waals surface area contributed by atoms with Crippen molar-refractivity contribution in [2.24, 2.45) is 5.41 Å². The third-order valence-electron chi connectivity index (χ3n) is 12.0. The first-order valence-electron chi connectivity index (χ1n) is 25.5. The van der Waals surface area contributed by atoms with Crippen LogP contribution in [0.4, 0.5) is 0 Å². The zero-order chi connectivity index (χ0) is 41.9. The summed E-state index contributed by atoms with van der Waals surface area (Å²) in [6.07, 6.45) is 43.7. The van der Waals surface area contributed by atoms with E-state index in [0.717, 1.165) is 83.8 Å². The van der Waals surface area contributed by atoms with Crippen molar-refractivity contribution in [1.29, 1.82) is 0 Å². The third kappa shape index (κ3) is 41.4. The molecule has 0 aromatic heterocycles. The van der Waals surface area contributed by atoms with Crippen molar-refractivity contribution in [3.63, 3.8) is 0 Å². The zero-order valence-electron chi connectivity index (χ0n) is 39.3. The Morgan fingerprint density at radius 1 is 0.474 bits per heavy atom. The van der Waals surface area contributed by atoms with Crippen molar-refractivity contribution in [3.05, 3.63) is 0 Å². The van der Waals surface area contributed by atoms with Crippen LogP contribution in [-0.2, 0) is 19.1 Å². The van der Waals surface area contributed by atoms with Crippen LogP contribution in [0, 0.1) is 5.41 Å². The zero-order valence-corrected chi connectivity index (χ0v) is 39.3. The maximum absolute atomic E-state index is 12.8. The highest BCUT2D eigenvalue weighted by Gasteiger charge is 2.20. The molecule has 6 heteroatoms.